The predicted octanol–water partition coefficient (Wildman–Crippen LogP) is 1.69. The van der Waals surface area contributed by atoms with E-state index in [9.17, 15) is 14.4 Å². The van der Waals surface area contributed by atoms with Gasteiger partial charge in [-0.1, -0.05) is 13.3 Å². The lowest BCUT2D eigenvalue weighted by Crippen LogP contribution is -2.47. The molecule has 2 saturated heterocycles. The SMILES string of the molecule is CCCCOc1ccc(N2C(=O)C[C@H](N3CCC(C(N)=O)CC3)C2=O)cc1. The number of piperidine rings is 1. The molecule has 1 atom stereocenters. The van der Waals surface area contributed by atoms with Crippen molar-refractivity contribution in [1.82, 2.24) is 4.90 Å². The van der Waals surface area contributed by atoms with Crippen LogP contribution in [0.2, 0.25) is 0 Å². The second kappa shape index (κ2) is 8.52. The molecule has 2 fully saturated rings. The molecule has 0 spiro atoms. The van der Waals surface area contributed by atoms with E-state index in [1.807, 2.05) is 4.90 Å². The standard InChI is InChI=1S/C20H27N3O4/c1-2-3-12-27-16-6-4-15(5-7-16)23-18(24)13-17(20(23)26)22-10-8-14(9-11-22)19(21)25/h4-7,14,17H,2-3,8-13H2,1H3,(H2,21,25)/t17-/m0/s1. The Labute approximate surface area is 159 Å². The maximum absolute atomic E-state index is 12.9. The van der Waals surface area contributed by atoms with Crippen LogP contribution in [-0.2, 0) is 14.4 Å². The number of amides is 3. The second-order valence-corrected chi connectivity index (χ2v) is 7.20. The van der Waals surface area contributed by atoms with Crippen LogP contribution in [0.5, 0.6) is 5.75 Å². The van der Waals surface area contributed by atoms with Crippen LogP contribution < -0.4 is 15.4 Å². The predicted molar refractivity (Wildman–Crippen MR) is 101 cm³/mol. The molecule has 2 N–H and O–H groups in total. The highest BCUT2D eigenvalue weighted by molar-refractivity contribution is 6.22. The van der Waals surface area contributed by atoms with Gasteiger partial charge in [0.15, 0.2) is 0 Å². The molecule has 7 heteroatoms. The molecule has 0 bridgehead atoms. The van der Waals surface area contributed by atoms with E-state index < -0.39 is 6.04 Å². The van der Waals surface area contributed by atoms with Gasteiger partial charge in [-0.05, 0) is 56.6 Å². The molecule has 2 heterocycles. The van der Waals surface area contributed by atoms with E-state index in [1.54, 1.807) is 24.3 Å². The van der Waals surface area contributed by atoms with Crippen molar-refractivity contribution in [3.05, 3.63) is 24.3 Å². The van der Waals surface area contributed by atoms with E-state index in [0.29, 0.717) is 38.2 Å². The average Bonchev–Trinajstić information content (AvgIpc) is 2.97. The number of benzene rings is 1. The highest BCUT2D eigenvalue weighted by atomic mass is 16.5. The van der Waals surface area contributed by atoms with Crippen molar-refractivity contribution in [2.24, 2.45) is 11.7 Å². The van der Waals surface area contributed by atoms with E-state index in [0.717, 1.165) is 18.6 Å². The largest absolute Gasteiger partial charge is 0.494 e. The fourth-order valence-corrected chi connectivity index (χ4v) is 3.69. The molecular formula is C20H27N3O4. The zero-order valence-corrected chi connectivity index (χ0v) is 15.7. The Morgan fingerprint density at radius 1 is 1.19 bits per heavy atom. The lowest BCUT2D eigenvalue weighted by molar-refractivity contribution is -0.124. The number of unbranched alkanes of at least 4 members (excludes halogenated alkanes) is 1. The van der Waals surface area contributed by atoms with Gasteiger partial charge < -0.3 is 10.5 Å². The molecule has 0 aliphatic carbocycles. The van der Waals surface area contributed by atoms with Crippen molar-refractivity contribution in [1.29, 1.82) is 0 Å². The van der Waals surface area contributed by atoms with Crippen molar-refractivity contribution in [3.8, 4) is 5.75 Å². The maximum Gasteiger partial charge on any atom is 0.251 e. The maximum atomic E-state index is 12.9. The van der Waals surface area contributed by atoms with Crippen molar-refractivity contribution in [3.63, 3.8) is 0 Å². The number of primary amides is 1. The molecule has 146 valence electrons. The third kappa shape index (κ3) is 4.30. The minimum Gasteiger partial charge on any atom is -0.494 e. The third-order valence-corrected chi connectivity index (χ3v) is 5.36. The van der Waals surface area contributed by atoms with E-state index in [2.05, 4.69) is 6.92 Å². The van der Waals surface area contributed by atoms with Gasteiger partial charge in [-0.3, -0.25) is 19.3 Å². The van der Waals surface area contributed by atoms with Gasteiger partial charge in [-0.2, -0.15) is 0 Å². The van der Waals surface area contributed by atoms with Gasteiger partial charge in [-0.15, -0.1) is 0 Å². The van der Waals surface area contributed by atoms with Gasteiger partial charge in [0.25, 0.3) is 5.91 Å². The number of hydrogen-bond acceptors (Lipinski definition) is 5. The average molecular weight is 373 g/mol. The fourth-order valence-electron chi connectivity index (χ4n) is 3.69. The third-order valence-electron chi connectivity index (χ3n) is 5.36. The molecule has 7 nitrogen and oxygen atoms in total. The number of rotatable bonds is 7. The lowest BCUT2D eigenvalue weighted by atomic mass is 9.95. The van der Waals surface area contributed by atoms with Crippen molar-refractivity contribution in [2.75, 3.05) is 24.6 Å². The van der Waals surface area contributed by atoms with E-state index in [-0.39, 0.29) is 30.1 Å². The first-order valence-corrected chi connectivity index (χ1v) is 9.64. The van der Waals surface area contributed by atoms with Crippen LogP contribution in [0.1, 0.15) is 39.0 Å². The smallest absolute Gasteiger partial charge is 0.251 e. The Kier molecular flexibility index (Phi) is 6.11. The van der Waals surface area contributed by atoms with Gasteiger partial charge in [0.1, 0.15) is 5.75 Å². The molecule has 27 heavy (non-hydrogen) atoms. The van der Waals surface area contributed by atoms with Crippen molar-refractivity contribution < 1.29 is 19.1 Å². The van der Waals surface area contributed by atoms with E-state index >= 15 is 0 Å². The number of hydrogen-bond donors (Lipinski definition) is 1. The summed E-state index contributed by atoms with van der Waals surface area (Å²) in [6, 6.07) is 6.62. The second-order valence-electron chi connectivity index (χ2n) is 7.20. The number of nitrogens with zero attached hydrogens (tertiary/aromatic N) is 2. The number of carbonyl (C=O) groups excluding carboxylic acids is 3. The number of ether oxygens (including phenoxy) is 1. The fraction of sp³-hybridized carbons (Fsp3) is 0.550. The molecular weight excluding hydrogens is 346 g/mol. The van der Waals surface area contributed by atoms with Crippen molar-refractivity contribution >= 4 is 23.4 Å². The van der Waals surface area contributed by atoms with Crippen LogP contribution in [0, 0.1) is 5.92 Å². The number of anilines is 1. The van der Waals surface area contributed by atoms with E-state index in [4.69, 9.17) is 10.5 Å². The van der Waals surface area contributed by atoms with Crippen molar-refractivity contribution in [2.45, 2.75) is 45.1 Å². The molecule has 0 unspecified atom stereocenters. The molecule has 0 radical (unpaired) electrons. The summed E-state index contributed by atoms with van der Waals surface area (Å²) >= 11 is 0. The topological polar surface area (TPSA) is 92.9 Å². The normalized spacial score (nSPS) is 21.7. The first-order chi connectivity index (χ1) is 13.0. The Balaban J connectivity index is 1.63. The summed E-state index contributed by atoms with van der Waals surface area (Å²) in [5.41, 5.74) is 5.94. The van der Waals surface area contributed by atoms with Gasteiger partial charge in [0.05, 0.1) is 24.8 Å². The molecule has 2 aliphatic heterocycles. The Hall–Kier alpha value is -2.41. The monoisotopic (exact) mass is 373 g/mol. The summed E-state index contributed by atoms with van der Waals surface area (Å²) in [6.45, 7) is 3.97. The van der Waals surface area contributed by atoms with Crippen LogP contribution in [0.25, 0.3) is 0 Å². The summed E-state index contributed by atoms with van der Waals surface area (Å²) in [7, 11) is 0. The Morgan fingerprint density at radius 3 is 2.44 bits per heavy atom. The van der Waals surface area contributed by atoms with Gasteiger partial charge in [0.2, 0.25) is 11.8 Å². The van der Waals surface area contributed by atoms with Crippen LogP contribution in [0.15, 0.2) is 24.3 Å². The van der Waals surface area contributed by atoms with E-state index in [1.165, 1.54) is 4.90 Å². The number of carbonyl (C=O) groups is 3. The quantitative estimate of drug-likeness (QED) is 0.580. The van der Waals surface area contributed by atoms with Gasteiger partial charge in [0, 0.05) is 5.92 Å². The van der Waals surface area contributed by atoms with Crippen LogP contribution in [0.4, 0.5) is 5.69 Å². The summed E-state index contributed by atoms with van der Waals surface area (Å²) in [6.07, 6.45) is 3.49. The molecule has 0 aromatic heterocycles. The van der Waals surface area contributed by atoms with Gasteiger partial charge >= 0.3 is 0 Å². The van der Waals surface area contributed by atoms with Crippen LogP contribution in [0.3, 0.4) is 0 Å². The summed E-state index contributed by atoms with van der Waals surface area (Å²) in [4.78, 5) is 39.9. The number of nitrogens with two attached hydrogens (primary N) is 1. The van der Waals surface area contributed by atoms with Crippen LogP contribution in [-0.4, -0.2) is 48.4 Å². The minimum absolute atomic E-state index is 0.134. The summed E-state index contributed by atoms with van der Waals surface area (Å²) in [5, 5.41) is 0. The van der Waals surface area contributed by atoms with Crippen LogP contribution >= 0.6 is 0 Å². The molecule has 3 amide bonds. The first kappa shape index (κ1) is 19.4. The molecule has 1 aromatic rings. The molecule has 2 aliphatic rings. The zero-order chi connectivity index (χ0) is 19.4. The van der Waals surface area contributed by atoms with Gasteiger partial charge in [-0.25, -0.2) is 4.90 Å². The zero-order valence-electron chi connectivity index (χ0n) is 15.7. The summed E-state index contributed by atoms with van der Waals surface area (Å²) in [5.74, 6) is -0.0774. The molecule has 1 aromatic carbocycles. The lowest BCUT2D eigenvalue weighted by Gasteiger charge is -2.33. The molecule has 0 saturated carbocycles. The summed E-state index contributed by atoms with van der Waals surface area (Å²) < 4.78 is 5.63. The minimum atomic E-state index is -0.452. The number of likely N-dealkylation sites (tertiary alicyclic amines) is 1. The Morgan fingerprint density at radius 2 is 1.85 bits per heavy atom. The number of imide groups is 1. The Bertz CT molecular complexity index is 696. The molecule has 3 rings (SSSR count). The highest BCUT2D eigenvalue weighted by Crippen LogP contribution is 2.29. The highest BCUT2D eigenvalue weighted by Gasteiger charge is 2.43. The first-order valence-electron chi connectivity index (χ1n) is 9.64.